The van der Waals surface area contributed by atoms with Crippen molar-refractivity contribution in [1.29, 1.82) is 0 Å². The molecule has 4 nitrogen and oxygen atoms in total. The normalized spacial score (nSPS) is 11.0. The minimum absolute atomic E-state index is 0.489. The Bertz CT molecular complexity index is 1540. The van der Waals surface area contributed by atoms with E-state index in [0.29, 0.717) is 11.5 Å². The molecular formula is C44H60N2O2Zr+2. The molecule has 49 heavy (non-hydrogen) atoms. The second-order valence-corrected chi connectivity index (χ2v) is 17.3. The summed E-state index contributed by atoms with van der Waals surface area (Å²) in [4.78, 5) is 0. The van der Waals surface area contributed by atoms with Gasteiger partial charge in [-0.2, -0.15) is 0 Å². The Labute approximate surface area is 308 Å². The van der Waals surface area contributed by atoms with Crippen LogP contribution in [-0.4, -0.2) is 15.1 Å². The van der Waals surface area contributed by atoms with Crippen LogP contribution in [0.2, 0.25) is 0 Å². The summed E-state index contributed by atoms with van der Waals surface area (Å²) in [6, 6.07) is 30.7. The Hall–Kier alpha value is -3.04. The van der Waals surface area contributed by atoms with Crippen LogP contribution in [0.25, 0.3) is 0 Å². The van der Waals surface area contributed by atoms with Gasteiger partial charge in [-0.05, 0) is 0 Å². The molecule has 0 atom stereocenters. The number of hydrogen-bond donors (Lipinski definition) is 2. The number of aromatic hydroxyl groups is 2. The van der Waals surface area contributed by atoms with Crippen molar-refractivity contribution < 1.29 is 38.0 Å². The van der Waals surface area contributed by atoms with Crippen molar-refractivity contribution in [3.8, 4) is 11.5 Å². The molecule has 2 N–H and O–H groups in total. The van der Waals surface area contributed by atoms with Crippen LogP contribution >= 0.6 is 0 Å². The summed E-state index contributed by atoms with van der Waals surface area (Å²) in [5.41, 5.74) is 9.60. The van der Waals surface area contributed by atoms with Crippen LogP contribution in [0, 0.1) is 0 Å². The number of nitrogens with zero attached hydrogens (tertiary/aromatic N) is 2. The van der Waals surface area contributed by atoms with Gasteiger partial charge in [0.15, 0.2) is 0 Å². The summed E-state index contributed by atoms with van der Waals surface area (Å²) in [7, 11) is 0. The Morgan fingerprint density at radius 3 is 1.14 bits per heavy atom. The Kier molecular flexibility index (Phi) is 16.8. The van der Waals surface area contributed by atoms with Gasteiger partial charge in [-0.15, -0.1) is 0 Å². The third kappa shape index (κ3) is 12.7. The zero-order valence-electron chi connectivity index (χ0n) is 30.7. The second-order valence-electron chi connectivity index (χ2n) is 13.7. The Morgan fingerprint density at radius 1 is 0.429 bits per heavy atom. The molecule has 0 aliphatic heterocycles. The molecule has 0 spiro atoms. The van der Waals surface area contributed by atoms with E-state index < -0.39 is 22.9 Å². The molecule has 0 radical (unpaired) electrons. The molecule has 5 heteroatoms. The fourth-order valence-corrected chi connectivity index (χ4v) is 9.96. The molecule has 4 rings (SSSR count). The third-order valence-electron chi connectivity index (χ3n) is 9.33. The average Bonchev–Trinajstić information content (AvgIpc) is 3.11. The van der Waals surface area contributed by atoms with E-state index in [2.05, 4.69) is 118 Å². The van der Waals surface area contributed by atoms with Crippen LogP contribution in [0.4, 0.5) is 0 Å². The maximum atomic E-state index is 11.7. The maximum absolute atomic E-state index is 11.7. The van der Waals surface area contributed by atoms with Gasteiger partial charge < -0.3 is 0 Å². The number of phenols is 2. The van der Waals surface area contributed by atoms with E-state index in [1.54, 1.807) is 0 Å². The first-order chi connectivity index (χ1) is 23.9. The van der Waals surface area contributed by atoms with E-state index in [9.17, 15) is 10.2 Å². The summed E-state index contributed by atoms with van der Waals surface area (Å²) < 4.78 is 5.28. The molecule has 0 fully saturated rings. The first-order valence-corrected chi connectivity index (χ1v) is 21.1. The SMILES string of the molecule is CCCCc1cc(CCCC)c(O)c(C[N+](Cc2ccccc2)=[Zr]=[N+](Cc2ccccc2)Cc2cc(CCCC)cc(CCCC)c2O)c1. The summed E-state index contributed by atoms with van der Waals surface area (Å²) in [5, 5.41) is 23.3. The first-order valence-electron chi connectivity index (χ1n) is 18.9. The molecule has 0 saturated heterocycles. The summed E-state index contributed by atoms with van der Waals surface area (Å²) >= 11 is -1.42. The molecule has 260 valence electrons. The van der Waals surface area contributed by atoms with Gasteiger partial charge in [0, 0.05) is 0 Å². The van der Waals surface area contributed by atoms with Gasteiger partial charge in [0.1, 0.15) is 0 Å². The van der Waals surface area contributed by atoms with Gasteiger partial charge in [-0.25, -0.2) is 0 Å². The van der Waals surface area contributed by atoms with Crippen LogP contribution in [-0.2, 0) is 74.8 Å². The van der Waals surface area contributed by atoms with Crippen LogP contribution in [0.15, 0.2) is 84.9 Å². The van der Waals surface area contributed by atoms with Crippen LogP contribution < -0.4 is 0 Å². The van der Waals surface area contributed by atoms with Gasteiger partial charge in [-0.3, -0.25) is 0 Å². The van der Waals surface area contributed by atoms with Crippen molar-refractivity contribution in [3.05, 3.63) is 129 Å². The fraction of sp³-hybridized carbons (Fsp3) is 0.455. The molecule has 4 aromatic rings. The predicted octanol–water partition coefficient (Wildman–Crippen LogP) is 11.0. The van der Waals surface area contributed by atoms with E-state index >= 15 is 0 Å². The van der Waals surface area contributed by atoms with E-state index in [1.807, 2.05) is 0 Å². The zero-order valence-corrected chi connectivity index (χ0v) is 33.1. The molecule has 0 unspecified atom stereocenters. The van der Waals surface area contributed by atoms with Gasteiger partial charge in [0.25, 0.3) is 0 Å². The number of aryl methyl sites for hydroxylation is 4. The number of unbranched alkanes of at least 4 members (excludes halogenated alkanes) is 4. The van der Waals surface area contributed by atoms with E-state index in [4.69, 9.17) is 0 Å². The number of benzene rings is 4. The number of phenolic OH excluding ortho intramolecular Hbond substituents is 2. The fourth-order valence-electron chi connectivity index (χ4n) is 6.54. The van der Waals surface area contributed by atoms with E-state index in [1.165, 1.54) is 22.3 Å². The topological polar surface area (TPSA) is 46.5 Å². The second kappa shape index (κ2) is 21.2. The Balaban J connectivity index is 1.88. The summed E-state index contributed by atoms with van der Waals surface area (Å²) in [5.74, 6) is 0.977. The van der Waals surface area contributed by atoms with E-state index in [-0.39, 0.29) is 0 Å². The monoisotopic (exact) mass is 738 g/mol. The zero-order chi connectivity index (χ0) is 34.8. The molecule has 0 aliphatic carbocycles. The van der Waals surface area contributed by atoms with Crippen molar-refractivity contribution in [2.45, 2.75) is 131 Å². The Morgan fingerprint density at radius 2 is 0.776 bits per heavy atom. The van der Waals surface area contributed by atoms with Crippen molar-refractivity contribution in [2.24, 2.45) is 0 Å². The quantitative estimate of drug-likeness (QED) is 0.0948. The van der Waals surface area contributed by atoms with Crippen LogP contribution in [0.3, 0.4) is 0 Å². The molecule has 0 amide bonds. The van der Waals surface area contributed by atoms with Crippen molar-refractivity contribution in [3.63, 3.8) is 0 Å². The first kappa shape index (κ1) is 38.8. The average molecular weight is 740 g/mol. The molecular weight excluding hydrogens is 680 g/mol. The van der Waals surface area contributed by atoms with Crippen molar-refractivity contribution >= 4 is 0 Å². The number of hydrogen-bond acceptors (Lipinski definition) is 2. The van der Waals surface area contributed by atoms with Gasteiger partial charge in [0.2, 0.25) is 0 Å². The van der Waals surface area contributed by atoms with Gasteiger partial charge >= 0.3 is 310 Å². The van der Waals surface area contributed by atoms with Crippen LogP contribution in [0.5, 0.6) is 11.5 Å². The molecule has 4 aromatic carbocycles. The molecule has 0 aromatic heterocycles. The van der Waals surface area contributed by atoms with Gasteiger partial charge in [0.05, 0.1) is 0 Å². The third-order valence-corrected chi connectivity index (χ3v) is 12.3. The van der Waals surface area contributed by atoms with Crippen molar-refractivity contribution in [1.82, 2.24) is 0 Å². The molecule has 0 bridgehead atoms. The van der Waals surface area contributed by atoms with Crippen molar-refractivity contribution in [2.75, 3.05) is 0 Å². The number of rotatable bonds is 20. The summed E-state index contributed by atoms with van der Waals surface area (Å²) in [6.07, 6.45) is 13.0. The molecule has 0 saturated carbocycles. The minimum atomic E-state index is -1.42. The van der Waals surface area contributed by atoms with Crippen LogP contribution in [0.1, 0.15) is 124 Å². The van der Waals surface area contributed by atoms with Gasteiger partial charge in [-0.1, -0.05) is 0 Å². The molecule has 0 heterocycles. The standard InChI is InChI=1S/2C22H30NO.Zr/c2*1-3-5-10-19-14-20(13-6-4-2)22(24)21(15-19)17-23-16-18-11-8-7-9-12-18;/h2*7-9,11-12,14-15,24H,3-6,10,13,16-17H2,1-2H3;/q2*-1;+4. The van der Waals surface area contributed by atoms with E-state index in [0.717, 1.165) is 125 Å². The predicted molar refractivity (Wildman–Crippen MR) is 199 cm³/mol. The molecule has 0 aliphatic rings. The summed E-state index contributed by atoms with van der Waals surface area (Å²) in [6.45, 7) is 12.1.